The predicted octanol–water partition coefficient (Wildman–Crippen LogP) is 4.69. The first-order valence-electron chi connectivity index (χ1n) is 10.0. The Balaban J connectivity index is 1.76. The largest absolute Gasteiger partial charge is 0.325 e. The molecule has 1 unspecified atom stereocenters. The molecular formula is C25H26FN3O2. The highest BCUT2D eigenvalue weighted by Gasteiger charge is 2.27. The molecule has 0 heterocycles. The maximum Gasteiger partial charge on any atom is 0.246 e. The lowest BCUT2D eigenvalue weighted by Gasteiger charge is -2.27. The van der Waals surface area contributed by atoms with Gasteiger partial charge in [-0.05, 0) is 67.9 Å². The molecule has 5 nitrogen and oxygen atoms in total. The van der Waals surface area contributed by atoms with E-state index in [4.69, 9.17) is 0 Å². The molecule has 0 fully saturated rings. The first-order chi connectivity index (χ1) is 14.8. The standard InChI is InChI=1S/C25H26FN3O2/c1-17-8-7-11-22(18(17)2)28-23(30)16-29(3)24(19-9-5-4-6-10-19)25(31)27-21-14-12-20(26)13-15-21/h4-15,24H,16H2,1-3H3,(H,27,31)(H,28,30). The van der Waals surface area contributed by atoms with Crippen molar-refractivity contribution in [3.8, 4) is 0 Å². The van der Waals surface area contributed by atoms with Gasteiger partial charge in [-0.3, -0.25) is 14.5 Å². The average Bonchev–Trinajstić information content (AvgIpc) is 2.74. The molecule has 0 aliphatic heterocycles. The van der Waals surface area contributed by atoms with E-state index in [1.165, 1.54) is 24.3 Å². The number of benzene rings is 3. The fraction of sp³-hybridized carbons (Fsp3) is 0.200. The number of carbonyl (C=O) groups excluding carboxylic acids is 2. The summed E-state index contributed by atoms with van der Waals surface area (Å²) in [6.45, 7) is 3.96. The number of nitrogens with one attached hydrogen (secondary N) is 2. The third-order valence-electron chi connectivity index (χ3n) is 5.19. The second-order valence-corrected chi connectivity index (χ2v) is 7.52. The zero-order valence-electron chi connectivity index (χ0n) is 17.9. The Morgan fingerprint density at radius 3 is 2.26 bits per heavy atom. The number of rotatable bonds is 7. The van der Waals surface area contributed by atoms with Crippen molar-refractivity contribution >= 4 is 23.2 Å². The Bertz CT molecular complexity index is 1050. The van der Waals surface area contributed by atoms with Crippen molar-refractivity contribution in [2.24, 2.45) is 0 Å². The van der Waals surface area contributed by atoms with Crippen LogP contribution < -0.4 is 10.6 Å². The van der Waals surface area contributed by atoms with Crippen molar-refractivity contribution in [1.29, 1.82) is 0 Å². The number of amides is 2. The lowest BCUT2D eigenvalue weighted by Crippen LogP contribution is -2.39. The molecule has 3 rings (SSSR count). The van der Waals surface area contributed by atoms with E-state index < -0.39 is 6.04 Å². The molecule has 0 saturated heterocycles. The summed E-state index contributed by atoms with van der Waals surface area (Å²) < 4.78 is 13.2. The second-order valence-electron chi connectivity index (χ2n) is 7.52. The monoisotopic (exact) mass is 419 g/mol. The van der Waals surface area contributed by atoms with Gasteiger partial charge in [0.25, 0.3) is 0 Å². The van der Waals surface area contributed by atoms with Gasteiger partial charge in [0.05, 0.1) is 6.54 Å². The van der Waals surface area contributed by atoms with Gasteiger partial charge in [0.2, 0.25) is 11.8 Å². The molecule has 3 aromatic carbocycles. The van der Waals surface area contributed by atoms with Crippen LogP contribution in [-0.4, -0.2) is 30.3 Å². The molecule has 2 amide bonds. The quantitative estimate of drug-likeness (QED) is 0.584. The summed E-state index contributed by atoms with van der Waals surface area (Å²) >= 11 is 0. The van der Waals surface area contributed by atoms with Crippen LogP contribution in [0.15, 0.2) is 72.8 Å². The topological polar surface area (TPSA) is 61.4 Å². The van der Waals surface area contributed by atoms with Crippen molar-refractivity contribution in [1.82, 2.24) is 4.90 Å². The van der Waals surface area contributed by atoms with E-state index >= 15 is 0 Å². The maximum atomic E-state index is 13.2. The molecule has 6 heteroatoms. The van der Waals surface area contributed by atoms with Crippen LogP contribution in [0.5, 0.6) is 0 Å². The molecule has 0 saturated carbocycles. The number of anilines is 2. The minimum Gasteiger partial charge on any atom is -0.325 e. The van der Waals surface area contributed by atoms with Crippen LogP contribution in [0.4, 0.5) is 15.8 Å². The van der Waals surface area contributed by atoms with Crippen molar-refractivity contribution in [2.75, 3.05) is 24.2 Å². The van der Waals surface area contributed by atoms with Gasteiger partial charge in [0.15, 0.2) is 0 Å². The van der Waals surface area contributed by atoms with E-state index in [0.717, 1.165) is 22.4 Å². The Morgan fingerprint density at radius 2 is 1.58 bits per heavy atom. The van der Waals surface area contributed by atoms with E-state index in [1.807, 2.05) is 62.4 Å². The van der Waals surface area contributed by atoms with Gasteiger partial charge in [-0.1, -0.05) is 42.5 Å². The molecular weight excluding hydrogens is 393 g/mol. The number of likely N-dealkylation sites (N-methyl/N-ethyl adjacent to an activating group) is 1. The molecule has 0 aromatic heterocycles. The minimum absolute atomic E-state index is 0.0176. The highest BCUT2D eigenvalue weighted by atomic mass is 19.1. The fourth-order valence-corrected chi connectivity index (χ4v) is 3.38. The number of halogens is 1. The lowest BCUT2D eigenvalue weighted by atomic mass is 10.0. The van der Waals surface area contributed by atoms with Gasteiger partial charge in [-0.2, -0.15) is 0 Å². The van der Waals surface area contributed by atoms with Gasteiger partial charge in [-0.15, -0.1) is 0 Å². The van der Waals surface area contributed by atoms with Crippen molar-refractivity contribution < 1.29 is 14.0 Å². The third-order valence-corrected chi connectivity index (χ3v) is 5.19. The Hall–Kier alpha value is -3.51. The molecule has 0 aliphatic carbocycles. The van der Waals surface area contributed by atoms with Gasteiger partial charge in [-0.25, -0.2) is 4.39 Å². The summed E-state index contributed by atoms with van der Waals surface area (Å²) in [7, 11) is 1.73. The first-order valence-corrected chi connectivity index (χ1v) is 10.0. The third kappa shape index (κ3) is 5.77. The Morgan fingerprint density at radius 1 is 0.903 bits per heavy atom. The lowest BCUT2D eigenvalue weighted by molar-refractivity contribution is -0.123. The van der Waals surface area contributed by atoms with E-state index in [9.17, 15) is 14.0 Å². The van der Waals surface area contributed by atoms with E-state index in [1.54, 1.807) is 11.9 Å². The molecule has 1 atom stereocenters. The van der Waals surface area contributed by atoms with Crippen molar-refractivity contribution in [3.05, 3.63) is 95.3 Å². The van der Waals surface area contributed by atoms with E-state index in [2.05, 4.69) is 10.6 Å². The SMILES string of the molecule is Cc1cccc(NC(=O)CN(C)C(C(=O)Nc2ccc(F)cc2)c2ccccc2)c1C. The molecule has 0 bridgehead atoms. The highest BCUT2D eigenvalue weighted by molar-refractivity contribution is 5.97. The van der Waals surface area contributed by atoms with Crippen LogP contribution in [0.3, 0.4) is 0 Å². The molecule has 0 aliphatic rings. The molecule has 31 heavy (non-hydrogen) atoms. The maximum absolute atomic E-state index is 13.2. The molecule has 0 radical (unpaired) electrons. The van der Waals surface area contributed by atoms with Crippen LogP contribution in [0.1, 0.15) is 22.7 Å². The number of aryl methyl sites for hydroxylation is 1. The first kappa shape index (κ1) is 22.2. The summed E-state index contributed by atoms with van der Waals surface area (Å²) in [6, 6.07) is 19.9. The predicted molar refractivity (Wildman–Crippen MR) is 121 cm³/mol. The molecule has 0 spiro atoms. The van der Waals surface area contributed by atoms with Crippen LogP contribution in [0.25, 0.3) is 0 Å². The Labute approximate surface area is 181 Å². The van der Waals surface area contributed by atoms with Crippen LogP contribution in [-0.2, 0) is 9.59 Å². The summed E-state index contributed by atoms with van der Waals surface area (Å²) in [5, 5.41) is 5.74. The summed E-state index contributed by atoms with van der Waals surface area (Å²) in [4.78, 5) is 27.5. The smallest absolute Gasteiger partial charge is 0.246 e. The van der Waals surface area contributed by atoms with Gasteiger partial charge < -0.3 is 10.6 Å². The normalized spacial score (nSPS) is 11.8. The van der Waals surface area contributed by atoms with E-state index in [-0.39, 0.29) is 24.2 Å². The van der Waals surface area contributed by atoms with Crippen molar-refractivity contribution in [3.63, 3.8) is 0 Å². The van der Waals surface area contributed by atoms with Crippen LogP contribution in [0, 0.1) is 19.7 Å². The Kier molecular flexibility index (Phi) is 7.15. The fourth-order valence-electron chi connectivity index (χ4n) is 3.38. The summed E-state index contributed by atoms with van der Waals surface area (Å²) in [5.74, 6) is -0.899. The highest BCUT2D eigenvalue weighted by Crippen LogP contribution is 2.23. The summed E-state index contributed by atoms with van der Waals surface area (Å²) in [5.41, 5.74) is 4.09. The van der Waals surface area contributed by atoms with Crippen LogP contribution >= 0.6 is 0 Å². The molecule has 160 valence electrons. The van der Waals surface area contributed by atoms with Gasteiger partial charge in [0.1, 0.15) is 11.9 Å². The molecule has 2 N–H and O–H groups in total. The van der Waals surface area contributed by atoms with Gasteiger partial charge >= 0.3 is 0 Å². The average molecular weight is 420 g/mol. The zero-order valence-corrected chi connectivity index (χ0v) is 17.9. The number of nitrogens with zero attached hydrogens (tertiary/aromatic N) is 1. The number of hydrogen-bond acceptors (Lipinski definition) is 3. The number of carbonyl (C=O) groups is 2. The zero-order chi connectivity index (χ0) is 22.4. The van der Waals surface area contributed by atoms with E-state index in [0.29, 0.717) is 5.69 Å². The molecule has 3 aromatic rings. The minimum atomic E-state index is -0.699. The second kappa shape index (κ2) is 10.00. The van der Waals surface area contributed by atoms with Crippen molar-refractivity contribution in [2.45, 2.75) is 19.9 Å². The number of hydrogen-bond donors (Lipinski definition) is 2. The van der Waals surface area contributed by atoms with Gasteiger partial charge in [0, 0.05) is 11.4 Å². The van der Waals surface area contributed by atoms with Crippen LogP contribution in [0.2, 0.25) is 0 Å². The summed E-state index contributed by atoms with van der Waals surface area (Å²) in [6.07, 6.45) is 0.